The molecule has 0 bridgehead atoms. The van der Waals surface area contributed by atoms with E-state index in [4.69, 9.17) is 9.47 Å². The molecule has 6 heterocycles. The van der Waals surface area contributed by atoms with Gasteiger partial charge in [-0.3, -0.25) is 14.4 Å². The van der Waals surface area contributed by atoms with Crippen LogP contribution in [-0.4, -0.2) is 65.3 Å². The number of esters is 2. The minimum Gasteiger partial charge on any atom is -0.477 e. The molecule has 2 N–H and O–H groups in total. The Morgan fingerprint density at radius 3 is 1.23 bits per heavy atom. The fraction of sp³-hybridized carbons (Fsp3) is 0.308. The van der Waals surface area contributed by atoms with Gasteiger partial charge in [-0.25, -0.2) is 29.3 Å². The summed E-state index contributed by atoms with van der Waals surface area (Å²) in [7, 11) is 0. The number of carbonyl (C=O) groups is 3. The number of carboxylic acid groups (broad SMARTS) is 1. The SMILES string of the molecule is CCOC(=O)c1c[nH]c2ccc(CC3Cc4ccccc4C3)nc2c1=O.CCOC(=O)c1cn(CC)c2ccc(CC3Cc4ccccc4C3)nc2c1=O.CCn1cc(C(=O)O)c(=O)c2nc(CC3Cc4ccccc4C3)ccc21. The van der Waals surface area contributed by atoms with Crippen LogP contribution in [0.1, 0.15) is 109 Å². The van der Waals surface area contributed by atoms with Gasteiger partial charge in [0.2, 0.25) is 16.3 Å². The molecular weight excluding hydrogens is 1010 g/mol. The predicted molar refractivity (Wildman–Crippen MR) is 308 cm³/mol. The molecule has 9 aromatic rings. The van der Waals surface area contributed by atoms with Crippen LogP contribution in [0.5, 0.6) is 0 Å². The van der Waals surface area contributed by atoms with E-state index in [2.05, 4.69) is 92.7 Å². The van der Waals surface area contributed by atoms with E-state index < -0.39 is 23.3 Å². The summed E-state index contributed by atoms with van der Waals surface area (Å²) in [5.41, 5.74) is 12.6. The van der Waals surface area contributed by atoms with Crippen LogP contribution in [0.15, 0.2) is 142 Å². The van der Waals surface area contributed by atoms with Gasteiger partial charge in [0.15, 0.2) is 0 Å². The van der Waals surface area contributed by atoms with Gasteiger partial charge in [-0.2, -0.15) is 0 Å². The lowest BCUT2D eigenvalue weighted by molar-refractivity contribution is 0.0514. The number of carbonyl (C=O) groups excluding carboxylic acids is 2. The van der Waals surface area contributed by atoms with Gasteiger partial charge in [0, 0.05) is 48.8 Å². The molecule has 0 aliphatic heterocycles. The Balaban J connectivity index is 0.000000135. The standard InChI is InChI=1S/C23H24N2O3.2C21H20N2O3/c1-3-25-14-19(23(27)28-4-2)22(26)21-20(25)10-9-18(24-21)13-15-11-16-7-5-6-8-17(16)12-15;1-2-23-12-17(21(25)26)20(24)19-18(23)8-7-16(22-19)11-13-9-14-5-3-4-6-15(14)10-13;1-2-26-21(25)17-12-22-18-8-7-16(23-19(18)20(17)24)11-13-9-14-5-3-4-6-15(14)10-13/h5-10,14-15H,3-4,11-13H2,1-2H3;3-8,12-13H,2,9-11H2,1H3,(H,25,26);3-8,12-13H,2,9-11H2,1H3,(H,22,24). The number of aromatic carboxylic acids is 1. The summed E-state index contributed by atoms with van der Waals surface area (Å²) in [5.74, 6) is -0.969. The van der Waals surface area contributed by atoms with Gasteiger partial charge in [0.25, 0.3) is 0 Å². The molecule has 0 atom stereocenters. The predicted octanol–water partition coefficient (Wildman–Crippen LogP) is 9.68. The molecule has 3 aliphatic carbocycles. The average molecular weight is 1070 g/mol. The lowest BCUT2D eigenvalue weighted by Gasteiger charge is -2.13. The Kier molecular flexibility index (Phi) is 16.4. The van der Waals surface area contributed by atoms with E-state index in [0.717, 1.165) is 80.4 Å². The molecule has 0 spiro atoms. The van der Waals surface area contributed by atoms with E-state index in [1.54, 1.807) is 24.6 Å². The van der Waals surface area contributed by atoms with Gasteiger partial charge in [-0.05, 0) is 173 Å². The maximum atomic E-state index is 12.9. The first-order valence-corrected chi connectivity index (χ1v) is 27.7. The minimum atomic E-state index is -1.21. The molecule has 0 amide bonds. The van der Waals surface area contributed by atoms with Gasteiger partial charge < -0.3 is 28.7 Å². The van der Waals surface area contributed by atoms with E-state index in [9.17, 15) is 33.9 Å². The van der Waals surface area contributed by atoms with Gasteiger partial charge in [0.05, 0.1) is 29.8 Å². The highest BCUT2D eigenvalue weighted by Crippen LogP contribution is 2.32. The Bertz CT molecular complexity index is 3950. The van der Waals surface area contributed by atoms with Gasteiger partial charge in [0.1, 0.15) is 33.2 Å². The first-order valence-electron chi connectivity index (χ1n) is 27.7. The number of benzene rings is 3. The topological polar surface area (TPSA) is 205 Å². The number of nitrogens with zero attached hydrogens (tertiary/aromatic N) is 5. The van der Waals surface area contributed by atoms with Gasteiger partial charge in [-0.15, -0.1) is 0 Å². The number of nitrogens with one attached hydrogen (secondary N) is 1. The third kappa shape index (κ3) is 11.6. The Hall–Kier alpha value is -8.85. The summed E-state index contributed by atoms with van der Waals surface area (Å²) in [4.78, 5) is 90.3. The number of rotatable bonds is 13. The Morgan fingerprint density at radius 1 is 0.487 bits per heavy atom. The number of hydrogen-bond donors (Lipinski definition) is 2. The number of carboxylic acids is 1. The largest absolute Gasteiger partial charge is 0.477 e. The monoisotopic (exact) mass is 1070 g/mol. The molecule has 0 saturated heterocycles. The van der Waals surface area contributed by atoms with E-state index in [-0.39, 0.29) is 46.3 Å². The molecule has 0 unspecified atom stereocenters. The highest BCUT2D eigenvalue weighted by Gasteiger charge is 2.26. The van der Waals surface area contributed by atoms with Crippen molar-refractivity contribution in [3.8, 4) is 0 Å². The number of ether oxygens (including phenoxy) is 2. The highest BCUT2D eigenvalue weighted by molar-refractivity contribution is 5.94. The van der Waals surface area contributed by atoms with E-state index in [1.165, 1.54) is 45.8 Å². The summed E-state index contributed by atoms with van der Waals surface area (Å²) < 4.78 is 13.6. The smallest absolute Gasteiger partial charge is 0.343 e. The normalized spacial score (nSPS) is 13.8. The lowest BCUT2D eigenvalue weighted by Crippen LogP contribution is -2.22. The number of aromatic amines is 1. The molecule has 3 aliphatic rings. The molecule has 0 fully saturated rings. The Morgan fingerprint density at radius 2 is 0.838 bits per heavy atom. The fourth-order valence-electron chi connectivity index (χ4n) is 11.7. The van der Waals surface area contributed by atoms with Gasteiger partial charge >= 0.3 is 17.9 Å². The molecule has 12 rings (SSSR count). The third-order valence-corrected chi connectivity index (χ3v) is 15.6. The lowest BCUT2D eigenvalue weighted by atomic mass is 9.99. The fourth-order valence-corrected chi connectivity index (χ4v) is 11.7. The van der Waals surface area contributed by atoms with E-state index in [0.29, 0.717) is 52.9 Å². The maximum absolute atomic E-state index is 12.9. The summed E-state index contributed by atoms with van der Waals surface area (Å²) >= 11 is 0. The molecule has 15 heteroatoms. The second kappa shape index (κ2) is 24.0. The average Bonchev–Trinajstić information content (AvgIpc) is 4.21. The number of pyridine rings is 6. The van der Waals surface area contributed by atoms with Crippen molar-refractivity contribution in [3.63, 3.8) is 0 Å². The van der Waals surface area contributed by atoms with E-state index in [1.807, 2.05) is 54.8 Å². The van der Waals surface area contributed by atoms with Crippen molar-refractivity contribution in [2.24, 2.45) is 17.8 Å². The van der Waals surface area contributed by atoms with Crippen molar-refractivity contribution in [2.45, 2.75) is 98.6 Å². The van der Waals surface area contributed by atoms with Crippen LogP contribution in [0.3, 0.4) is 0 Å². The molecule has 80 heavy (non-hydrogen) atoms. The third-order valence-electron chi connectivity index (χ3n) is 15.6. The molecule has 15 nitrogen and oxygen atoms in total. The Labute approximate surface area is 462 Å². The van der Waals surface area contributed by atoms with Crippen molar-refractivity contribution in [2.75, 3.05) is 13.2 Å². The van der Waals surface area contributed by atoms with Crippen LogP contribution in [0.25, 0.3) is 33.1 Å². The van der Waals surface area contributed by atoms with Crippen molar-refractivity contribution in [1.82, 2.24) is 29.1 Å². The minimum absolute atomic E-state index is 0.00253. The first kappa shape index (κ1) is 54.5. The zero-order chi connectivity index (χ0) is 56.0. The van der Waals surface area contributed by atoms with Crippen LogP contribution >= 0.6 is 0 Å². The number of fused-ring (bicyclic) bond motifs is 6. The zero-order valence-electron chi connectivity index (χ0n) is 45.5. The zero-order valence-corrected chi connectivity index (χ0v) is 45.5. The number of aryl methyl sites for hydroxylation is 2. The second-order valence-corrected chi connectivity index (χ2v) is 20.9. The molecule has 0 radical (unpaired) electrons. The number of aromatic nitrogens is 6. The van der Waals surface area contributed by atoms with Crippen LogP contribution in [0, 0.1) is 17.8 Å². The van der Waals surface area contributed by atoms with Crippen LogP contribution in [-0.2, 0) is 80.4 Å². The van der Waals surface area contributed by atoms with Gasteiger partial charge in [-0.1, -0.05) is 72.8 Å². The van der Waals surface area contributed by atoms with E-state index >= 15 is 0 Å². The van der Waals surface area contributed by atoms with Crippen molar-refractivity contribution < 1.29 is 29.0 Å². The van der Waals surface area contributed by atoms with Crippen molar-refractivity contribution in [1.29, 1.82) is 0 Å². The molecular formula is C65H64N6O9. The summed E-state index contributed by atoms with van der Waals surface area (Å²) in [6, 6.07) is 37.1. The maximum Gasteiger partial charge on any atom is 0.343 e. The van der Waals surface area contributed by atoms with Crippen LogP contribution < -0.4 is 16.3 Å². The molecule has 0 saturated carbocycles. The van der Waals surface area contributed by atoms with Crippen LogP contribution in [0.2, 0.25) is 0 Å². The van der Waals surface area contributed by atoms with Crippen LogP contribution in [0.4, 0.5) is 0 Å². The summed E-state index contributed by atoms with van der Waals surface area (Å²) in [6.45, 7) is 9.01. The molecule has 408 valence electrons. The molecule has 6 aromatic heterocycles. The highest BCUT2D eigenvalue weighted by atomic mass is 16.5. The quantitative estimate of drug-likeness (QED) is 0.104. The number of hydrogen-bond acceptors (Lipinski definition) is 11. The van der Waals surface area contributed by atoms with Crippen molar-refractivity contribution in [3.05, 3.63) is 226 Å². The number of H-pyrrole nitrogens is 1. The second-order valence-electron chi connectivity index (χ2n) is 20.9. The summed E-state index contributed by atoms with van der Waals surface area (Å²) in [6.07, 6.45) is 13.0. The molecule has 3 aromatic carbocycles. The van der Waals surface area contributed by atoms with Crippen molar-refractivity contribution >= 4 is 51.0 Å². The first-order chi connectivity index (χ1) is 38.8. The summed E-state index contributed by atoms with van der Waals surface area (Å²) in [5, 5.41) is 9.30.